The van der Waals surface area contributed by atoms with Crippen LogP contribution in [0.15, 0.2) is 53.0 Å². The highest BCUT2D eigenvalue weighted by molar-refractivity contribution is 9.10. The molecule has 0 unspecified atom stereocenters. The molecule has 2 aromatic carbocycles. The van der Waals surface area contributed by atoms with Crippen LogP contribution in [-0.4, -0.2) is 5.91 Å². The van der Waals surface area contributed by atoms with Gasteiger partial charge >= 0.3 is 0 Å². The number of carbonyl (C=O) groups excluding carboxylic acids is 1. The predicted octanol–water partition coefficient (Wildman–Crippen LogP) is 3.06. The maximum absolute atomic E-state index is 10.9. The summed E-state index contributed by atoms with van der Waals surface area (Å²) >= 11 is 3.42. The number of nitrogens with two attached hydrogens (primary N) is 1. The first-order valence-electron chi connectivity index (χ1n) is 5.88. The first kappa shape index (κ1) is 13.6. The van der Waals surface area contributed by atoms with Crippen molar-refractivity contribution in [3.8, 4) is 5.75 Å². The van der Waals surface area contributed by atoms with Crippen molar-refractivity contribution < 1.29 is 9.53 Å². The van der Waals surface area contributed by atoms with E-state index < -0.39 is 0 Å². The van der Waals surface area contributed by atoms with Gasteiger partial charge in [0.1, 0.15) is 12.4 Å². The Labute approximate surface area is 120 Å². The van der Waals surface area contributed by atoms with Crippen LogP contribution in [0.2, 0.25) is 0 Å². The molecule has 2 rings (SSSR count). The molecule has 3 nitrogen and oxygen atoms in total. The molecule has 0 aliphatic carbocycles. The molecule has 0 aliphatic heterocycles. The van der Waals surface area contributed by atoms with E-state index >= 15 is 0 Å². The SMILES string of the molecule is NC(=O)Cc1cccc(OCc2cccc(Br)c2)c1. The molecule has 0 heterocycles. The molecule has 0 aromatic heterocycles. The van der Waals surface area contributed by atoms with Crippen molar-refractivity contribution in [2.75, 3.05) is 0 Å². The van der Waals surface area contributed by atoms with E-state index in [2.05, 4.69) is 15.9 Å². The molecule has 0 atom stereocenters. The molecule has 2 N–H and O–H groups in total. The standard InChI is InChI=1S/C15H14BrNO2/c16-13-5-1-4-12(7-13)10-19-14-6-2-3-11(8-14)9-15(17)18/h1-8H,9-10H2,(H2,17,18). The monoisotopic (exact) mass is 319 g/mol. The van der Waals surface area contributed by atoms with Crippen LogP contribution in [0, 0.1) is 0 Å². The predicted molar refractivity (Wildman–Crippen MR) is 77.8 cm³/mol. The van der Waals surface area contributed by atoms with Crippen molar-refractivity contribution in [3.05, 3.63) is 64.1 Å². The first-order chi connectivity index (χ1) is 9.13. The molecule has 0 aliphatic rings. The van der Waals surface area contributed by atoms with Crippen LogP contribution in [0.25, 0.3) is 0 Å². The molecule has 0 saturated heterocycles. The van der Waals surface area contributed by atoms with Gasteiger partial charge in [0, 0.05) is 4.47 Å². The summed E-state index contributed by atoms with van der Waals surface area (Å²) in [4.78, 5) is 10.9. The van der Waals surface area contributed by atoms with Crippen molar-refractivity contribution in [1.29, 1.82) is 0 Å². The summed E-state index contributed by atoms with van der Waals surface area (Å²) in [5, 5.41) is 0. The molecule has 1 amide bonds. The van der Waals surface area contributed by atoms with E-state index in [1.807, 2.05) is 48.5 Å². The van der Waals surface area contributed by atoms with Gasteiger partial charge in [-0.3, -0.25) is 4.79 Å². The van der Waals surface area contributed by atoms with E-state index in [-0.39, 0.29) is 12.3 Å². The average Bonchev–Trinajstić information content (AvgIpc) is 2.36. The highest BCUT2D eigenvalue weighted by Gasteiger charge is 2.01. The fourth-order valence-corrected chi connectivity index (χ4v) is 2.19. The van der Waals surface area contributed by atoms with E-state index in [9.17, 15) is 4.79 Å². The van der Waals surface area contributed by atoms with E-state index in [0.29, 0.717) is 6.61 Å². The van der Waals surface area contributed by atoms with Gasteiger partial charge in [-0.05, 0) is 35.4 Å². The molecule has 2 aromatic rings. The Morgan fingerprint density at radius 1 is 1.11 bits per heavy atom. The number of halogens is 1. The Balaban J connectivity index is 2.01. The van der Waals surface area contributed by atoms with E-state index in [1.165, 1.54) is 0 Å². The van der Waals surface area contributed by atoms with E-state index in [4.69, 9.17) is 10.5 Å². The second kappa shape index (κ2) is 6.38. The van der Waals surface area contributed by atoms with Crippen LogP contribution in [0.1, 0.15) is 11.1 Å². The van der Waals surface area contributed by atoms with Crippen molar-refractivity contribution in [2.24, 2.45) is 5.73 Å². The van der Waals surface area contributed by atoms with Crippen LogP contribution >= 0.6 is 15.9 Å². The molecule has 4 heteroatoms. The fraction of sp³-hybridized carbons (Fsp3) is 0.133. The first-order valence-corrected chi connectivity index (χ1v) is 6.67. The molecule has 0 spiro atoms. The molecule has 0 saturated carbocycles. The van der Waals surface area contributed by atoms with Gasteiger partial charge in [0.15, 0.2) is 0 Å². The minimum absolute atomic E-state index is 0.230. The lowest BCUT2D eigenvalue weighted by molar-refractivity contribution is -0.117. The van der Waals surface area contributed by atoms with Gasteiger partial charge in [-0.1, -0.05) is 40.2 Å². The Morgan fingerprint density at radius 2 is 1.84 bits per heavy atom. The van der Waals surface area contributed by atoms with Crippen molar-refractivity contribution in [3.63, 3.8) is 0 Å². The molecule has 0 bridgehead atoms. The Bertz CT molecular complexity index is 584. The number of hydrogen-bond donors (Lipinski definition) is 1. The molecule has 98 valence electrons. The minimum atomic E-state index is -0.343. The molecule has 0 fully saturated rings. The van der Waals surface area contributed by atoms with Crippen LogP contribution in [0.4, 0.5) is 0 Å². The van der Waals surface area contributed by atoms with E-state index in [0.717, 1.165) is 21.3 Å². The third-order valence-corrected chi connectivity index (χ3v) is 3.06. The Morgan fingerprint density at radius 3 is 2.58 bits per heavy atom. The molecular formula is C15H14BrNO2. The second-order valence-corrected chi connectivity index (χ2v) is 5.12. The zero-order valence-electron chi connectivity index (χ0n) is 10.3. The summed E-state index contributed by atoms with van der Waals surface area (Å²) in [6.07, 6.45) is 0.230. The van der Waals surface area contributed by atoms with Crippen LogP contribution in [-0.2, 0) is 17.8 Å². The van der Waals surface area contributed by atoms with Gasteiger partial charge in [-0.25, -0.2) is 0 Å². The number of benzene rings is 2. The summed E-state index contributed by atoms with van der Waals surface area (Å²) in [6, 6.07) is 15.4. The van der Waals surface area contributed by atoms with Crippen molar-refractivity contribution >= 4 is 21.8 Å². The lowest BCUT2D eigenvalue weighted by Gasteiger charge is -2.08. The second-order valence-electron chi connectivity index (χ2n) is 4.21. The summed E-state index contributed by atoms with van der Waals surface area (Å²) < 4.78 is 6.72. The number of carbonyl (C=O) groups is 1. The zero-order chi connectivity index (χ0) is 13.7. The summed E-state index contributed by atoms with van der Waals surface area (Å²) in [5.41, 5.74) is 7.11. The third-order valence-electron chi connectivity index (χ3n) is 2.57. The summed E-state index contributed by atoms with van der Waals surface area (Å²) in [5.74, 6) is 0.392. The van der Waals surface area contributed by atoms with Crippen molar-refractivity contribution in [2.45, 2.75) is 13.0 Å². The van der Waals surface area contributed by atoms with Gasteiger partial charge in [-0.2, -0.15) is 0 Å². The smallest absolute Gasteiger partial charge is 0.221 e. The van der Waals surface area contributed by atoms with Crippen LogP contribution < -0.4 is 10.5 Å². The number of amides is 1. The minimum Gasteiger partial charge on any atom is -0.489 e. The Hall–Kier alpha value is -1.81. The van der Waals surface area contributed by atoms with Gasteiger partial charge in [-0.15, -0.1) is 0 Å². The molecule has 19 heavy (non-hydrogen) atoms. The van der Waals surface area contributed by atoms with E-state index in [1.54, 1.807) is 0 Å². The van der Waals surface area contributed by atoms with Gasteiger partial charge in [0.05, 0.1) is 6.42 Å². The number of ether oxygens (including phenoxy) is 1. The number of rotatable bonds is 5. The summed E-state index contributed by atoms with van der Waals surface area (Å²) in [6.45, 7) is 0.486. The van der Waals surface area contributed by atoms with Gasteiger partial charge < -0.3 is 10.5 Å². The highest BCUT2D eigenvalue weighted by atomic mass is 79.9. The van der Waals surface area contributed by atoms with Crippen molar-refractivity contribution in [1.82, 2.24) is 0 Å². The lowest BCUT2D eigenvalue weighted by Crippen LogP contribution is -2.13. The topological polar surface area (TPSA) is 52.3 Å². The van der Waals surface area contributed by atoms with Gasteiger partial charge in [0.2, 0.25) is 5.91 Å². The quantitative estimate of drug-likeness (QED) is 0.920. The normalized spacial score (nSPS) is 10.2. The Kier molecular flexibility index (Phi) is 4.58. The third kappa shape index (κ3) is 4.41. The number of hydrogen-bond acceptors (Lipinski definition) is 2. The van der Waals surface area contributed by atoms with Gasteiger partial charge in [0.25, 0.3) is 0 Å². The lowest BCUT2D eigenvalue weighted by atomic mass is 10.1. The zero-order valence-corrected chi connectivity index (χ0v) is 11.9. The van der Waals surface area contributed by atoms with Crippen LogP contribution in [0.5, 0.6) is 5.75 Å². The maximum atomic E-state index is 10.9. The fourth-order valence-electron chi connectivity index (χ4n) is 1.74. The number of primary amides is 1. The summed E-state index contributed by atoms with van der Waals surface area (Å²) in [7, 11) is 0. The average molecular weight is 320 g/mol. The maximum Gasteiger partial charge on any atom is 0.221 e. The molecule has 0 radical (unpaired) electrons. The largest absolute Gasteiger partial charge is 0.489 e. The molecular weight excluding hydrogens is 306 g/mol. The van der Waals surface area contributed by atoms with Crippen LogP contribution in [0.3, 0.4) is 0 Å². The highest BCUT2D eigenvalue weighted by Crippen LogP contribution is 2.17.